The molecule has 1 aliphatic heterocycles. The van der Waals surface area contributed by atoms with E-state index in [4.69, 9.17) is 10.5 Å². The lowest BCUT2D eigenvalue weighted by atomic mass is 9.83. The first-order valence-corrected chi connectivity index (χ1v) is 8.46. The van der Waals surface area contributed by atoms with E-state index in [0.29, 0.717) is 0 Å². The predicted octanol–water partition coefficient (Wildman–Crippen LogP) is 3.33. The van der Waals surface area contributed by atoms with Crippen LogP contribution in [0, 0.1) is 0 Å². The molecule has 1 aromatic heterocycles. The number of benzene rings is 2. The van der Waals surface area contributed by atoms with Crippen molar-refractivity contribution in [3.05, 3.63) is 78.4 Å². The first-order valence-electron chi connectivity index (χ1n) is 8.46. The molecule has 4 rings (SSSR count). The molecule has 0 aliphatic carbocycles. The zero-order valence-corrected chi connectivity index (χ0v) is 14.6. The standard InChI is InChI=1S/C20H16F2N4O2/c21-18(22)28-17-6-4-15(5-7-17)20(11-27-19(23)26-20)16-3-1-2-13(8-16)14-9-24-12-25-10-14/h1-10,12,18H,11H2,(H2,23,26). The summed E-state index contributed by atoms with van der Waals surface area (Å²) in [4.78, 5) is 12.6. The third-order valence-electron chi connectivity index (χ3n) is 4.52. The van der Waals surface area contributed by atoms with Crippen LogP contribution in [0.15, 0.2) is 72.2 Å². The molecular formula is C20H16F2N4O2. The van der Waals surface area contributed by atoms with Gasteiger partial charge in [-0.15, -0.1) is 0 Å². The molecule has 0 bridgehead atoms. The Morgan fingerprint density at radius 1 is 1.00 bits per heavy atom. The summed E-state index contributed by atoms with van der Waals surface area (Å²) in [7, 11) is 0. The topological polar surface area (TPSA) is 82.6 Å². The Bertz CT molecular complexity index is 997. The number of aromatic nitrogens is 2. The number of hydrogen-bond acceptors (Lipinski definition) is 6. The fourth-order valence-corrected chi connectivity index (χ4v) is 3.21. The van der Waals surface area contributed by atoms with Gasteiger partial charge in [0.15, 0.2) is 5.54 Å². The molecule has 0 spiro atoms. The molecular weight excluding hydrogens is 366 g/mol. The number of amidine groups is 1. The number of ether oxygens (including phenoxy) is 2. The Kier molecular flexibility index (Phi) is 4.60. The molecule has 1 unspecified atom stereocenters. The van der Waals surface area contributed by atoms with Gasteiger partial charge in [-0.25, -0.2) is 15.0 Å². The second kappa shape index (κ2) is 7.22. The summed E-state index contributed by atoms with van der Waals surface area (Å²) >= 11 is 0. The zero-order valence-electron chi connectivity index (χ0n) is 14.6. The van der Waals surface area contributed by atoms with E-state index in [1.807, 2.05) is 24.3 Å². The number of rotatable bonds is 5. The quantitative estimate of drug-likeness (QED) is 0.732. The van der Waals surface area contributed by atoms with Crippen molar-refractivity contribution in [1.29, 1.82) is 0 Å². The summed E-state index contributed by atoms with van der Waals surface area (Å²) in [6.45, 7) is -2.68. The maximum atomic E-state index is 12.4. The van der Waals surface area contributed by atoms with Gasteiger partial charge in [-0.2, -0.15) is 8.78 Å². The van der Waals surface area contributed by atoms with Crippen LogP contribution < -0.4 is 10.5 Å². The van der Waals surface area contributed by atoms with Crippen molar-refractivity contribution in [3.63, 3.8) is 0 Å². The van der Waals surface area contributed by atoms with Gasteiger partial charge < -0.3 is 15.2 Å². The highest BCUT2D eigenvalue weighted by molar-refractivity contribution is 5.75. The third kappa shape index (κ3) is 3.36. The van der Waals surface area contributed by atoms with Crippen LogP contribution in [-0.4, -0.2) is 29.2 Å². The molecule has 142 valence electrons. The van der Waals surface area contributed by atoms with Crippen LogP contribution in [0.1, 0.15) is 11.1 Å². The molecule has 0 saturated heterocycles. The monoisotopic (exact) mass is 382 g/mol. The molecule has 6 nitrogen and oxygen atoms in total. The van der Waals surface area contributed by atoms with Gasteiger partial charge >= 0.3 is 6.61 Å². The van der Waals surface area contributed by atoms with Gasteiger partial charge in [0, 0.05) is 18.0 Å². The van der Waals surface area contributed by atoms with Crippen LogP contribution in [0.25, 0.3) is 11.1 Å². The number of nitrogens with two attached hydrogens (primary N) is 1. The molecule has 0 amide bonds. The molecule has 2 heterocycles. The molecule has 0 saturated carbocycles. The van der Waals surface area contributed by atoms with Crippen molar-refractivity contribution in [2.75, 3.05) is 6.61 Å². The highest BCUT2D eigenvalue weighted by Crippen LogP contribution is 2.39. The Morgan fingerprint density at radius 2 is 1.75 bits per heavy atom. The van der Waals surface area contributed by atoms with Gasteiger partial charge in [0.25, 0.3) is 6.02 Å². The highest BCUT2D eigenvalue weighted by Gasteiger charge is 2.40. The summed E-state index contributed by atoms with van der Waals surface area (Å²) in [5, 5.41) is 0. The minimum Gasteiger partial charge on any atom is -0.462 e. The Morgan fingerprint density at radius 3 is 2.39 bits per heavy atom. The van der Waals surface area contributed by atoms with Crippen molar-refractivity contribution >= 4 is 6.02 Å². The molecule has 0 radical (unpaired) electrons. The van der Waals surface area contributed by atoms with Crippen LogP contribution in [0.3, 0.4) is 0 Å². The van der Waals surface area contributed by atoms with Crippen LogP contribution in [0.5, 0.6) is 5.75 Å². The minimum absolute atomic E-state index is 0.0694. The predicted molar refractivity (Wildman–Crippen MR) is 98.9 cm³/mol. The first-order chi connectivity index (χ1) is 13.6. The van der Waals surface area contributed by atoms with Crippen molar-refractivity contribution in [2.45, 2.75) is 12.2 Å². The van der Waals surface area contributed by atoms with Gasteiger partial charge in [0.1, 0.15) is 18.7 Å². The average molecular weight is 382 g/mol. The normalized spacial score (nSPS) is 18.6. The van der Waals surface area contributed by atoms with Crippen LogP contribution >= 0.6 is 0 Å². The number of aliphatic imine (C=N–C) groups is 1. The lowest BCUT2D eigenvalue weighted by Crippen LogP contribution is -2.27. The number of alkyl halides is 2. The number of hydrogen-bond donors (Lipinski definition) is 1. The summed E-state index contributed by atoms with van der Waals surface area (Å²) in [5.41, 5.74) is 8.28. The fraction of sp³-hybridized carbons (Fsp3) is 0.150. The van der Waals surface area contributed by atoms with Gasteiger partial charge in [0.05, 0.1) is 0 Å². The van der Waals surface area contributed by atoms with Gasteiger partial charge in [-0.05, 0) is 34.9 Å². The van der Waals surface area contributed by atoms with Crippen molar-refractivity contribution in [1.82, 2.24) is 9.97 Å². The molecule has 1 atom stereocenters. The average Bonchev–Trinajstić information content (AvgIpc) is 3.12. The molecule has 3 aromatic rings. The Hall–Kier alpha value is -3.55. The van der Waals surface area contributed by atoms with E-state index < -0.39 is 12.2 Å². The maximum absolute atomic E-state index is 12.4. The molecule has 1 aliphatic rings. The number of nitrogens with zero attached hydrogens (tertiary/aromatic N) is 3. The van der Waals surface area contributed by atoms with Gasteiger partial charge in [0.2, 0.25) is 0 Å². The van der Waals surface area contributed by atoms with E-state index in [9.17, 15) is 8.78 Å². The summed E-state index contributed by atoms with van der Waals surface area (Å²) in [5.74, 6) is 0.0694. The van der Waals surface area contributed by atoms with E-state index >= 15 is 0 Å². The van der Waals surface area contributed by atoms with E-state index in [0.717, 1.165) is 22.3 Å². The molecule has 8 heteroatoms. The minimum atomic E-state index is -2.88. The van der Waals surface area contributed by atoms with E-state index in [2.05, 4.69) is 19.7 Å². The Labute approximate surface area is 159 Å². The molecule has 28 heavy (non-hydrogen) atoms. The zero-order chi connectivity index (χ0) is 19.6. The second-order valence-corrected chi connectivity index (χ2v) is 6.21. The maximum Gasteiger partial charge on any atom is 0.387 e. The van der Waals surface area contributed by atoms with Crippen molar-refractivity contribution < 1.29 is 18.3 Å². The van der Waals surface area contributed by atoms with E-state index in [-0.39, 0.29) is 18.4 Å². The third-order valence-corrected chi connectivity index (χ3v) is 4.52. The van der Waals surface area contributed by atoms with Crippen LogP contribution in [0.4, 0.5) is 8.78 Å². The lowest BCUT2D eigenvalue weighted by Gasteiger charge is -2.26. The summed E-state index contributed by atoms with van der Waals surface area (Å²) in [6.07, 6.45) is 4.91. The van der Waals surface area contributed by atoms with Gasteiger partial charge in [-0.1, -0.05) is 30.3 Å². The fourth-order valence-electron chi connectivity index (χ4n) is 3.21. The van der Waals surface area contributed by atoms with Crippen LogP contribution in [-0.2, 0) is 10.3 Å². The number of halogens is 2. The van der Waals surface area contributed by atoms with Gasteiger partial charge in [-0.3, -0.25) is 0 Å². The molecule has 2 aromatic carbocycles. The van der Waals surface area contributed by atoms with Crippen molar-refractivity contribution in [2.24, 2.45) is 10.7 Å². The largest absolute Gasteiger partial charge is 0.462 e. The SMILES string of the molecule is NC1=NC(c2ccc(OC(F)F)cc2)(c2cccc(-c3cncnc3)c2)CO1. The second-order valence-electron chi connectivity index (χ2n) is 6.21. The van der Waals surface area contributed by atoms with Crippen LogP contribution in [0.2, 0.25) is 0 Å². The summed E-state index contributed by atoms with van der Waals surface area (Å²) in [6, 6.07) is 14.1. The smallest absolute Gasteiger partial charge is 0.387 e. The molecule has 0 fully saturated rings. The summed E-state index contributed by atoms with van der Waals surface area (Å²) < 4.78 is 34.8. The Balaban J connectivity index is 1.77. The molecule has 2 N–H and O–H groups in total. The lowest BCUT2D eigenvalue weighted by molar-refractivity contribution is -0.0498. The van der Waals surface area contributed by atoms with E-state index in [1.165, 1.54) is 18.5 Å². The van der Waals surface area contributed by atoms with Crippen molar-refractivity contribution in [3.8, 4) is 16.9 Å². The first kappa shape index (κ1) is 17.8. The van der Waals surface area contributed by atoms with E-state index in [1.54, 1.807) is 24.5 Å². The highest BCUT2D eigenvalue weighted by atomic mass is 19.3.